The van der Waals surface area contributed by atoms with Crippen molar-refractivity contribution in [3.63, 3.8) is 0 Å². The van der Waals surface area contributed by atoms with Gasteiger partial charge >= 0.3 is 0 Å². The van der Waals surface area contributed by atoms with Gasteiger partial charge in [-0.1, -0.05) is 6.07 Å². The molecule has 15 heavy (non-hydrogen) atoms. The molecule has 1 aromatic rings. The molecule has 1 aliphatic carbocycles. The molecule has 3 N–H and O–H groups in total. The second-order valence-electron chi connectivity index (χ2n) is 3.90. The van der Waals surface area contributed by atoms with Crippen LogP contribution in [0, 0.1) is 17.2 Å². The summed E-state index contributed by atoms with van der Waals surface area (Å²) in [4.78, 5) is 4.12. The van der Waals surface area contributed by atoms with Crippen LogP contribution in [0.2, 0.25) is 0 Å². The first-order chi connectivity index (χ1) is 7.29. The fraction of sp³-hybridized carbons (Fsp3) is 0.455. The predicted molar refractivity (Wildman–Crippen MR) is 58.1 cm³/mol. The van der Waals surface area contributed by atoms with Crippen LogP contribution in [-0.4, -0.2) is 17.6 Å². The van der Waals surface area contributed by atoms with Gasteiger partial charge in [-0.3, -0.25) is 0 Å². The average Bonchev–Trinajstić information content (AvgIpc) is 3.10. The molecule has 0 aliphatic heterocycles. The van der Waals surface area contributed by atoms with Gasteiger partial charge < -0.3 is 11.1 Å². The molecule has 0 radical (unpaired) electrons. The van der Waals surface area contributed by atoms with Crippen molar-refractivity contribution in [1.29, 1.82) is 5.26 Å². The minimum Gasteiger partial charge on any atom is -0.368 e. The highest BCUT2D eigenvalue weighted by atomic mass is 15.0. The fourth-order valence-corrected chi connectivity index (χ4v) is 1.51. The fourth-order valence-electron chi connectivity index (χ4n) is 1.51. The van der Waals surface area contributed by atoms with E-state index in [4.69, 9.17) is 11.0 Å². The second kappa shape index (κ2) is 4.28. The topological polar surface area (TPSA) is 74.7 Å². The summed E-state index contributed by atoms with van der Waals surface area (Å²) in [5, 5.41) is 11.8. The molecule has 0 bridgehead atoms. The summed E-state index contributed by atoms with van der Waals surface area (Å²) in [7, 11) is 0. The normalized spacial score (nSPS) is 16.8. The zero-order valence-electron chi connectivity index (χ0n) is 8.48. The highest BCUT2D eigenvalue weighted by Gasteiger charge is 2.27. The maximum absolute atomic E-state index is 8.67. The van der Waals surface area contributed by atoms with E-state index in [1.165, 1.54) is 12.8 Å². The number of nitrogens with one attached hydrogen (secondary N) is 1. The van der Waals surface area contributed by atoms with Gasteiger partial charge in [0.15, 0.2) is 0 Å². The quantitative estimate of drug-likeness (QED) is 0.766. The van der Waals surface area contributed by atoms with Gasteiger partial charge in [0, 0.05) is 12.6 Å². The zero-order valence-corrected chi connectivity index (χ0v) is 8.48. The number of anilines is 1. The van der Waals surface area contributed by atoms with E-state index in [1.54, 1.807) is 6.07 Å². The third-order valence-corrected chi connectivity index (χ3v) is 2.61. The summed E-state index contributed by atoms with van der Waals surface area (Å²) in [5.74, 6) is 1.40. The third-order valence-electron chi connectivity index (χ3n) is 2.61. The molecule has 1 saturated carbocycles. The molecule has 0 aromatic carbocycles. The van der Waals surface area contributed by atoms with Crippen molar-refractivity contribution >= 4 is 5.82 Å². The Balaban J connectivity index is 1.89. The van der Waals surface area contributed by atoms with Gasteiger partial charge in [-0.15, -0.1) is 0 Å². The minimum absolute atomic E-state index is 0.206. The lowest BCUT2D eigenvalue weighted by atomic mass is 10.2. The predicted octanol–water partition coefficient (Wildman–Crippen LogP) is 1.10. The van der Waals surface area contributed by atoms with Crippen LogP contribution in [0.1, 0.15) is 18.5 Å². The van der Waals surface area contributed by atoms with E-state index < -0.39 is 0 Å². The maximum Gasteiger partial charge on any atom is 0.142 e. The van der Waals surface area contributed by atoms with Crippen molar-refractivity contribution in [3.8, 4) is 6.07 Å². The van der Waals surface area contributed by atoms with Crippen LogP contribution in [0.5, 0.6) is 0 Å². The van der Waals surface area contributed by atoms with Crippen molar-refractivity contribution in [2.24, 2.45) is 11.7 Å². The Morgan fingerprint density at radius 1 is 1.60 bits per heavy atom. The molecule has 4 heteroatoms. The Labute approximate surface area is 89.1 Å². The van der Waals surface area contributed by atoms with E-state index in [2.05, 4.69) is 10.3 Å². The van der Waals surface area contributed by atoms with Crippen molar-refractivity contribution in [2.75, 3.05) is 11.9 Å². The lowest BCUT2D eigenvalue weighted by molar-refractivity contribution is 0.620. The largest absolute Gasteiger partial charge is 0.368 e. The number of nitriles is 1. The van der Waals surface area contributed by atoms with Crippen LogP contribution in [0.25, 0.3) is 0 Å². The van der Waals surface area contributed by atoms with Gasteiger partial charge in [-0.05, 0) is 30.9 Å². The number of aromatic nitrogens is 1. The maximum atomic E-state index is 8.67. The van der Waals surface area contributed by atoms with Gasteiger partial charge in [0.05, 0.1) is 0 Å². The summed E-state index contributed by atoms with van der Waals surface area (Å²) in [6.07, 6.45) is 2.49. The lowest BCUT2D eigenvalue weighted by Gasteiger charge is -2.11. The van der Waals surface area contributed by atoms with Crippen LogP contribution < -0.4 is 11.1 Å². The molecular weight excluding hydrogens is 188 g/mol. The standard InChI is InChI=1S/C11H14N4/c12-6-9-2-1-3-11(15-9)14-7-10(13)8-4-5-8/h1-3,8,10H,4-5,7,13H2,(H,14,15). The van der Waals surface area contributed by atoms with E-state index in [1.807, 2.05) is 18.2 Å². The van der Waals surface area contributed by atoms with Crippen molar-refractivity contribution < 1.29 is 0 Å². The van der Waals surface area contributed by atoms with Gasteiger partial charge in [0.1, 0.15) is 17.6 Å². The molecule has 1 heterocycles. The minimum atomic E-state index is 0.206. The molecule has 0 saturated heterocycles. The summed E-state index contributed by atoms with van der Waals surface area (Å²) in [5.41, 5.74) is 6.37. The molecule has 1 aliphatic rings. The molecule has 2 rings (SSSR count). The molecule has 0 spiro atoms. The number of rotatable bonds is 4. The Kier molecular flexibility index (Phi) is 2.84. The molecule has 78 valence electrons. The molecular formula is C11H14N4. The average molecular weight is 202 g/mol. The Hall–Kier alpha value is -1.60. The molecule has 1 unspecified atom stereocenters. The van der Waals surface area contributed by atoms with Gasteiger partial charge in [0.2, 0.25) is 0 Å². The summed E-state index contributed by atoms with van der Waals surface area (Å²) in [6.45, 7) is 0.729. The van der Waals surface area contributed by atoms with E-state index in [-0.39, 0.29) is 6.04 Å². The summed E-state index contributed by atoms with van der Waals surface area (Å²) >= 11 is 0. The molecule has 1 atom stereocenters. The van der Waals surface area contributed by atoms with Gasteiger partial charge in [0.25, 0.3) is 0 Å². The van der Waals surface area contributed by atoms with E-state index in [0.29, 0.717) is 11.6 Å². The van der Waals surface area contributed by atoms with E-state index in [0.717, 1.165) is 12.4 Å². The van der Waals surface area contributed by atoms with Gasteiger partial charge in [-0.2, -0.15) is 5.26 Å². The zero-order chi connectivity index (χ0) is 10.7. The Morgan fingerprint density at radius 2 is 2.40 bits per heavy atom. The second-order valence-corrected chi connectivity index (χ2v) is 3.90. The highest BCUT2D eigenvalue weighted by Crippen LogP contribution is 2.31. The molecule has 4 nitrogen and oxygen atoms in total. The third kappa shape index (κ3) is 2.67. The SMILES string of the molecule is N#Cc1cccc(NCC(N)C2CC2)n1. The molecule has 0 amide bonds. The number of hydrogen-bond donors (Lipinski definition) is 2. The number of hydrogen-bond acceptors (Lipinski definition) is 4. The van der Waals surface area contributed by atoms with Crippen LogP contribution in [0.3, 0.4) is 0 Å². The number of pyridine rings is 1. The first kappa shape index (κ1) is 9.94. The smallest absolute Gasteiger partial charge is 0.142 e. The van der Waals surface area contributed by atoms with Crippen LogP contribution >= 0.6 is 0 Å². The Bertz CT molecular complexity index is 378. The number of nitrogens with zero attached hydrogens (tertiary/aromatic N) is 2. The van der Waals surface area contributed by atoms with Crippen molar-refractivity contribution in [3.05, 3.63) is 23.9 Å². The summed E-state index contributed by atoms with van der Waals surface area (Å²) in [6, 6.07) is 7.56. The van der Waals surface area contributed by atoms with Crippen molar-refractivity contribution in [2.45, 2.75) is 18.9 Å². The highest BCUT2D eigenvalue weighted by molar-refractivity contribution is 5.38. The summed E-state index contributed by atoms with van der Waals surface area (Å²) < 4.78 is 0. The molecule has 1 aromatic heterocycles. The first-order valence-electron chi connectivity index (χ1n) is 5.16. The van der Waals surface area contributed by atoms with Crippen LogP contribution in [0.15, 0.2) is 18.2 Å². The Morgan fingerprint density at radius 3 is 3.07 bits per heavy atom. The first-order valence-corrected chi connectivity index (χ1v) is 5.16. The lowest BCUT2D eigenvalue weighted by Crippen LogP contribution is -2.31. The monoisotopic (exact) mass is 202 g/mol. The molecule has 1 fully saturated rings. The number of nitrogens with two attached hydrogens (primary N) is 1. The van der Waals surface area contributed by atoms with Crippen molar-refractivity contribution in [1.82, 2.24) is 4.98 Å². The van der Waals surface area contributed by atoms with E-state index in [9.17, 15) is 0 Å². The van der Waals surface area contributed by atoms with Gasteiger partial charge in [-0.25, -0.2) is 4.98 Å². The van der Waals surface area contributed by atoms with Crippen LogP contribution in [-0.2, 0) is 0 Å². The van der Waals surface area contributed by atoms with Crippen LogP contribution in [0.4, 0.5) is 5.82 Å². The van der Waals surface area contributed by atoms with E-state index >= 15 is 0 Å².